The maximum atomic E-state index is 6.37. The third kappa shape index (κ3) is 6.04. The highest BCUT2D eigenvalue weighted by molar-refractivity contribution is 6.31. The van der Waals surface area contributed by atoms with Crippen LogP contribution in [0.25, 0.3) is 90.9 Å². The normalized spacial score (nSPS) is 12.1. The first-order valence-electron chi connectivity index (χ1n) is 16.6. The number of benzene rings is 4. The third-order valence-electron chi connectivity index (χ3n) is 9.30. The molecule has 2 N–H and O–H groups in total. The first-order valence-corrected chi connectivity index (χ1v) is 18.1. The molecule has 0 radical (unpaired) electrons. The highest BCUT2D eigenvalue weighted by Gasteiger charge is 2.19. The van der Waals surface area contributed by atoms with Gasteiger partial charge in [0.25, 0.3) is 0 Å². The Balaban J connectivity index is 1.47. The van der Waals surface area contributed by atoms with Gasteiger partial charge in [-0.25, -0.2) is 9.97 Å². The SMILES string of the molecule is Clc1ccc(-c2c3nc(c(-c4ccc(Cl)cc4)c4ccc([nH]4)c(-c4ccc([ClH+])cc4)c4nc(c(-c5ccc(Cl)cc5)c5ccc2[nH]5)C=C4)C=C3)cc1. The van der Waals surface area contributed by atoms with Crippen LogP contribution in [-0.4, -0.2) is 19.9 Å². The summed E-state index contributed by atoms with van der Waals surface area (Å²) in [6.45, 7) is 0. The van der Waals surface area contributed by atoms with Crippen molar-refractivity contribution in [3.8, 4) is 44.5 Å². The monoisotopic (exact) mass is 751 g/mol. The molecule has 0 unspecified atom stereocenters. The Morgan fingerprint density at radius 3 is 0.865 bits per heavy atom. The molecule has 0 aliphatic carbocycles. The Bertz CT molecular complexity index is 2370. The first-order chi connectivity index (χ1) is 25.4. The summed E-state index contributed by atoms with van der Waals surface area (Å²) in [6.07, 6.45) is 8.29. The van der Waals surface area contributed by atoms with Crippen molar-refractivity contribution in [2.75, 3.05) is 0 Å². The lowest BCUT2D eigenvalue weighted by Crippen LogP contribution is -1.89. The van der Waals surface area contributed by atoms with E-state index in [2.05, 4.69) is 70.7 Å². The van der Waals surface area contributed by atoms with Gasteiger partial charge in [-0.15, -0.1) is 0 Å². The second kappa shape index (κ2) is 13.3. The van der Waals surface area contributed by atoms with Crippen molar-refractivity contribution >= 4 is 81.2 Å². The summed E-state index contributed by atoms with van der Waals surface area (Å²) < 4.78 is 0. The highest BCUT2D eigenvalue weighted by atomic mass is 35.5. The highest BCUT2D eigenvalue weighted by Crippen LogP contribution is 2.39. The lowest BCUT2D eigenvalue weighted by atomic mass is 10.0. The largest absolute Gasteiger partial charge is 0.354 e. The van der Waals surface area contributed by atoms with Gasteiger partial charge in [0, 0.05) is 71.5 Å². The second-order valence-electron chi connectivity index (χ2n) is 12.5. The van der Waals surface area contributed by atoms with Gasteiger partial charge in [0.05, 0.1) is 22.8 Å². The van der Waals surface area contributed by atoms with Crippen LogP contribution in [0.2, 0.25) is 20.1 Å². The quantitative estimate of drug-likeness (QED) is 0.188. The number of H-pyrrole nitrogens is 2. The van der Waals surface area contributed by atoms with Crippen molar-refractivity contribution in [1.29, 1.82) is 0 Å². The molecule has 8 bridgehead atoms. The minimum Gasteiger partial charge on any atom is -0.354 e. The van der Waals surface area contributed by atoms with E-state index in [0.717, 1.165) is 94.4 Å². The number of fused-ring (bicyclic) bond motifs is 8. The Hall–Kier alpha value is -5.36. The van der Waals surface area contributed by atoms with E-state index in [1.807, 2.05) is 84.9 Å². The summed E-state index contributed by atoms with van der Waals surface area (Å²) in [5.41, 5.74) is 14.6. The van der Waals surface area contributed by atoms with Crippen LogP contribution in [0.5, 0.6) is 0 Å². The molecule has 4 nitrogen and oxygen atoms in total. The summed E-state index contributed by atoms with van der Waals surface area (Å²) >= 11 is 24.6. The first kappa shape index (κ1) is 32.5. The summed E-state index contributed by atoms with van der Waals surface area (Å²) in [5, 5.41) is 2.76. The van der Waals surface area contributed by atoms with Gasteiger partial charge < -0.3 is 9.97 Å². The minimum atomic E-state index is 0.662. The minimum absolute atomic E-state index is 0.662. The maximum absolute atomic E-state index is 6.37. The summed E-state index contributed by atoms with van der Waals surface area (Å²) in [4.78, 5) is 18.2. The molecule has 3 aromatic heterocycles. The topological polar surface area (TPSA) is 57.4 Å². The molecule has 7 aromatic rings. The molecule has 2 aliphatic heterocycles. The predicted molar refractivity (Wildman–Crippen MR) is 216 cm³/mol. The van der Waals surface area contributed by atoms with Gasteiger partial charge in [0.1, 0.15) is 0 Å². The molecule has 8 heteroatoms. The van der Waals surface area contributed by atoms with Gasteiger partial charge in [0.15, 0.2) is 11.6 Å². The molecule has 0 spiro atoms. The number of nitrogens with one attached hydrogen (secondary N) is 2. The molecule has 0 atom stereocenters. The van der Waals surface area contributed by atoms with Crippen LogP contribution in [0.15, 0.2) is 121 Å². The molecule has 9 rings (SSSR count). The van der Waals surface area contributed by atoms with Gasteiger partial charge in [-0.3, -0.25) is 0 Å². The van der Waals surface area contributed by atoms with Crippen molar-refractivity contribution in [1.82, 2.24) is 19.9 Å². The van der Waals surface area contributed by atoms with E-state index in [1.165, 1.54) is 0 Å². The smallest absolute Gasteiger partial charge is 0.225 e. The van der Waals surface area contributed by atoms with Gasteiger partial charge in [-0.05, 0) is 119 Å². The molecular weight excluding hydrogens is 726 g/mol. The van der Waals surface area contributed by atoms with Crippen molar-refractivity contribution in [2.24, 2.45) is 0 Å². The molecule has 0 saturated carbocycles. The Kier molecular flexibility index (Phi) is 8.33. The molecule has 0 saturated heterocycles. The van der Waals surface area contributed by atoms with Crippen LogP contribution in [0, 0.1) is 11.6 Å². The fourth-order valence-electron chi connectivity index (χ4n) is 6.89. The second-order valence-corrected chi connectivity index (χ2v) is 14.3. The van der Waals surface area contributed by atoms with Crippen LogP contribution in [-0.2, 0) is 0 Å². The average molecular weight is 754 g/mol. The zero-order valence-electron chi connectivity index (χ0n) is 27.3. The number of rotatable bonds is 4. The van der Waals surface area contributed by atoms with E-state index < -0.39 is 0 Å². The van der Waals surface area contributed by atoms with Gasteiger partial charge in [0.2, 0.25) is 5.02 Å². The summed E-state index contributed by atoms with van der Waals surface area (Å²) in [7, 11) is 0. The summed E-state index contributed by atoms with van der Waals surface area (Å²) in [5.74, 6) is 0. The van der Waals surface area contributed by atoms with E-state index in [4.69, 9.17) is 56.4 Å². The zero-order chi connectivity index (χ0) is 35.3. The van der Waals surface area contributed by atoms with E-state index in [-0.39, 0.29) is 0 Å². The van der Waals surface area contributed by atoms with E-state index in [0.29, 0.717) is 15.1 Å². The predicted octanol–water partition coefficient (Wildman–Crippen LogP) is 13.0. The van der Waals surface area contributed by atoms with Crippen molar-refractivity contribution < 1.29 is 11.6 Å². The Labute approximate surface area is 319 Å². The molecular formula is C44H27Cl4N4+. The number of halogens is 4. The van der Waals surface area contributed by atoms with Crippen molar-refractivity contribution in [3.05, 3.63) is 164 Å². The summed E-state index contributed by atoms with van der Waals surface area (Å²) in [6, 6.07) is 40.0. The zero-order valence-corrected chi connectivity index (χ0v) is 30.4. The molecule has 52 heavy (non-hydrogen) atoms. The third-order valence-corrected chi connectivity index (χ3v) is 10.3. The van der Waals surface area contributed by atoms with Crippen LogP contribution in [0.1, 0.15) is 22.8 Å². The van der Waals surface area contributed by atoms with Gasteiger partial charge >= 0.3 is 0 Å². The number of aromatic amines is 2. The van der Waals surface area contributed by atoms with Crippen molar-refractivity contribution in [2.45, 2.75) is 0 Å². The lowest BCUT2D eigenvalue weighted by molar-refractivity contribution is -0.288. The fraction of sp³-hybridized carbons (Fsp3) is 0. The number of nitrogens with zero attached hydrogens (tertiary/aromatic N) is 2. The standard InChI is InChI=1S/C44H27Cl4N4/c45-29-9-1-25(2-10-29)41-33-17-19-35(49-33)42(26-3-11-30(46)12-4-26)37-21-23-39(51-37)44(28-7-15-32(48)16-8-28)40-24-22-38(52-40)43(36-20-18-34(41)50-36)27-5-13-31(47)14-6-27/h1-24,45,49,52H/q+1. The van der Waals surface area contributed by atoms with Crippen LogP contribution >= 0.6 is 34.8 Å². The molecule has 4 aromatic carbocycles. The maximum Gasteiger partial charge on any atom is 0.225 e. The van der Waals surface area contributed by atoms with E-state index in [9.17, 15) is 0 Å². The number of hydrogen-bond acceptors (Lipinski definition) is 2. The van der Waals surface area contributed by atoms with E-state index >= 15 is 0 Å². The molecule has 250 valence electrons. The Morgan fingerprint density at radius 1 is 0.346 bits per heavy atom. The molecule has 2 aliphatic rings. The van der Waals surface area contributed by atoms with Crippen molar-refractivity contribution in [3.63, 3.8) is 0 Å². The van der Waals surface area contributed by atoms with Crippen LogP contribution in [0.4, 0.5) is 0 Å². The number of aromatic nitrogens is 4. The average Bonchev–Trinajstić information content (AvgIpc) is 3.99. The molecule has 5 heterocycles. The Morgan fingerprint density at radius 2 is 0.596 bits per heavy atom. The van der Waals surface area contributed by atoms with Gasteiger partial charge in [-0.1, -0.05) is 71.2 Å². The number of hydrogen-bond donors (Lipinski definition) is 2. The van der Waals surface area contributed by atoms with E-state index in [1.54, 1.807) is 0 Å². The van der Waals surface area contributed by atoms with Crippen LogP contribution in [0.3, 0.4) is 0 Å². The fourth-order valence-corrected chi connectivity index (χ4v) is 7.41. The molecule has 0 amide bonds. The molecule has 0 fully saturated rings. The van der Waals surface area contributed by atoms with Crippen LogP contribution < -0.4 is 0 Å². The van der Waals surface area contributed by atoms with Gasteiger partial charge in [-0.2, -0.15) is 0 Å². The lowest BCUT2D eigenvalue weighted by Gasteiger charge is -2.07.